The number of rotatable bonds is 2. The van der Waals surface area contributed by atoms with Gasteiger partial charge < -0.3 is 9.31 Å². The minimum atomic E-state index is -0.589. The molecule has 1 aliphatic rings. The molecule has 3 rings (SSSR count). The average Bonchev–Trinajstić information content (AvgIpc) is 2.94. The Kier molecular flexibility index (Phi) is 2.88. The van der Waals surface area contributed by atoms with Gasteiger partial charge in [0.2, 0.25) is 5.60 Å². The van der Waals surface area contributed by atoms with E-state index in [-0.39, 0.29) is 0 Å². The summed E-state index contributed by atoms with van der Waals surface area (Å²) < 4.78 is 13.6. The normalized spacial score (nSPS) is 25.1. The molecule has 5 nitrogen and oxygen atoms in total. The molecule has 0 saturated carbocycles. The van der Waals surface area contributed by atoms with Gasteiger partial charge in [-0.05, 0) is 26.0 Å². The first-order valence-electron chi connectivity index (χ1n) is 6.55. The second-order valence-corrected chi connectivity index (χ2v) is 5.74. The van der Waals surface area contributed by atoms with Crippen molar-refractivity contribution in [2.75, 3.05) is 0 Å². The lowest BCUT2D eigenvalue weighted by atomic mass is 9.82. The Hall–Kier alpha value is -1.79. The van der Waals surface area contributed by atoms with Gasteiger partial charge in [0, 0.05) is 31.0 Å². The van der Waals surface area contributed by atoms with Crippen LogP contribution in [-0.2, 0) is 9.31 Å². The third-order valence-corrected chi connectivity index (χ3v) is 3.83. The van der Waals surface area contributed by atoms with E-state index in [1.807, 2.05) is 39.1 Å². The third kappa shape index (κ3) is 2.11. The van der Waals surface area contributed by atoms with Gasteiger partial charge in [0.05, 0.1) is 18.8 Å². The SMILES string of the molecule is [CH2+]C1(C)OB(c2cnn(-c3cccnc3)c2)OC1(C)C. The Morgan fingerprint density at radius 1 is 1.25 bits per heavy atom. The van der Waals surface area contributed by atoms with Gasteiger partial charge in [0.15, 0.2) is 0 Å². The molecule has 0 spiro atoms. The predicted octanol–water partition coefficient (Wildman–Crippen LogP) is 1.38. The maximum Gasteiger partial charge on any atom is 0.501 e. The molecule has 1 fully saturated rings. The van der Waals surface area contributed by atoms with Crippen LogP contribution >= 0.6 is 0 Å². The highest BCUT2D eigenvalue weighted by Crippen LogP contribution is 2.36. The zero-order valence-electron chi connectivity index (χ0n) is 11.9. The summed E-state index contributed by atoms with van der Waals surface area (Å²) in [6.07, 6.45) is 7.12. The van der Waals surface area contributed by atoms with Crippen molar-refractivity contribution in [1.82, 2.24) is 14.8 Å². The number of hydrogen-bond acceptors (Lipinski definition) is 4. The molecule has 1 aliphatic heterocycles. The minimum absolute atomic E-state index is 0.446. The molecule has 0 aromatic carbocycles. The summed E-state index contributed by atoms with van der Waals surface area (Å²) in [6.45, 7) is 9.96. The summed E-state index contributed by atoms with van der Waals surface area (Å²) in [7, 11) is -0.446. The molecule has 0 aliphatic carbocycles. The fourth-order valence-corrected chi connectivity index (χ4v) is 2.02. The van der Waals surface area contributed by atoms with Crippen LogP contribution in [0.15, 0.2) is 36.9 Å². The second-order valence-electron chi connectivity index (χ2n) is 5.74. The van der Waals surface area contributed by atoms with E-state index in [2.05, 4.69) is 17.0 Å². The summed E-state index contributed by atoms with van der Waals surface area (Å²) in [6, 6.07) is 3.81. The van der Waals surface area contributed by atoms with E-state index in [0.717, 1.165) is 11.2 Å². The van der Waals surface area contributed by atoms with Crippen LogP contribution in [0.2, 0.25) is 0 Å². The van der Waals surface area contributed by atoms with E-state index < -0.39 is 18.3 Å². The molecule has 3 heterocycles. The van der Waals surface area contributed by atoms with Crippen molar-refractivity contribution in [1.29, 1.82) is 0 Å². The summed E-state index contributed by atoms with van der Waals surface area (Å²) in [5.74, 6) is 0. The first-order valence-corrected chi connectivity index (χ1v) is 6.55. The first-order chi connectivity index (χ1) is 9.39. The Morgan fingerprint density at radius 3 is 2.65 bits per heavy atom. The molecule has 20 heavy (non-hydrogen) atoms. The van der Waals surface area contributed by atoms with Crippen LogP contribution in [0.25, 0.3) is 5.69 Å². The van der Waals surface area contributed by atoms with Crippen molar-refractivity contribution in [3.05, 3.63) is 43.8 Å². The zero-order chi connectivity index (χ0) is 14.4. The Bertz CT molecular complexity index is 594. The Balaban J connectivity index is 1.86. The van der Waals surface area contributed by atoms with Crippen molar-refractivity contribution in [3.8, 4) is 5.69 Å². The minimum Gasteiger partial charge on any atom is -0.395 e. The van der Waals surface area contributed by atoms with Crippen LogP contribution in [-0.4, -0.2) is 33.1 Å². The number of pyridine rings is 1. The van der Waals surface area contributed by atoms with E-state index in [0.29, 0.717) is 0 Å². The molecule has 6 heteroatoms. The van der Waals surface area contributed by atoms with Gasteiger partial charge in [-0.3, -0.25) is 4.98 Å². The first kappa shape index (κ1) is 13.2. The second kappa shape index (κ2) is 4.36. The molecule has 1 unspecified atom stereocenters. The van der Waals surface area contributed by atoms with Gasteiger partial charge in [-0.25, -0.2) is 4.68 Å². The van der Waals surface area contributed by atoms with Gasteiger partial charge in [-0.2, -0.15) is 5.10 Å². The lowest BCUT2D eigenvalue weighted by Gasteiger charge is -2.25. The van der Waals surface area contributed by atoms with Gasteiger partial charge in [-0.1, -0.05) is 0 Å². The predicted molar refractivity (Wildman–Crippen MR) is 76.8 cm³/mol. The molecule has 2 aromatic rings. The fraction of sp³-hybridized carbons (Fsp3) is 0.357. The highest BCUT2D eigenvalue weighted by molar-refractivity contribution is 6.62. The summed E-state index contributed by atoms with van der Waals surface area (Å²) in [5.41, 5.74) is 0.727. The van der Waals surface area contributed by atoms with E-state index in [9.17, 15) is 0 Å². The van der Waals surface area contributed by atoms with Crippen molar-refractivity contribution in [2.45, 2.75) is 32.0 Å². The number of hydrogen-bond donors (Lipinski definition) is 0. The van der Waals surface area contributed by atoms with Crippen molar-refractivity contribution >= 4 is 12.6 Å². The lowest BCUT2D eigenvalue weighted by Crippen LogP contribution is -2.42. The Morgan fingerprint density at radius 2 is 2.05 bits per heavy atom. The van der Waals surface area contributed by atoms with Gasteiger partial charge in [-0.15, -0.1) is 0 Å². The molecule has 2 aromatic heterocycles. The molecule has 0 N–H and O–H groups in total. The standard InChI is InChI=1S/C14H17BN3O2/c1-13(2)14(3,4)20-15(19-13)11-8-17-18(10-11)12-6-5-7-16-9-12/h5-10H,1H2,2-4H3/q+1. The molecule has 102 valence electrons. The van der Waals surface area contributed by atoms with E-state index in [4.69, 9.17) is 9.31 Å². The highest BCUT2D eigenvalue weighted by Gasteiger charge is 2.57. The number of aromatic nitrogens is 3. The summed E-state index contributed by atoms with van der Waals surface area (Å²) >= 11 is 0. The molecule has 0 amide bonds. The smallest absolute Gasteiger partial charge is 0.395 e. The largest absolute Gasteiger partial charge is 0.501 e. The van der Waals surface area contributed by atoms with Crippen molar-refractivity contribution in [3.63, 3.8) is 0 Å². The van der Waals surface area contributed by atoms with Crippen molar-refractivity contribution < 1.29 is 9.31 Å². The van der Waals surface area contributed by atoms with Crippen molar-refractivity contribution in [2.24, 2.45) is 0 Å². The van der Waals surface area contributed by atoms with Crippen LogP contribution in [0.5, 0.6) is 0 Å². The summed E-state index contributed by atoms with van der Waals surface area (Å²) in [5, 5.41) is 4.32. The molecule has 0 radical (unpaired) electrons. The van der Waals surface area contributed by atoms with Crippen LogP contribution in [0.1, 0.15) is 20.8 Å². The summed E-state index contributed by atoms with van der Waals surface area (Å²) in [4.78, 5) is 4.08. The molecular weight excluding hydrogens is 253 g/mol. The van der Waals surface area contributed by atoms with Crippen LogP contribution in [0.3, 0.4) is 0 Å². The van der Waals surface area contributed by atoms with Gasteiger partial charge >= 0.3 is 7.12 Å². The quantitative estimate of drug-likeness (QED) is 0.611. The topological polar surface area (TPSA) is 49.2 Å². The molecular formula is C14H17BN3O2+. The zero-order valence-corrected chi connectivity index (χ0v) is 11.9. The van der Waals surface area contributed by atoms with Gasteiger partial charge in [0.1, 0.15) is 5.60 Å². The third-order valence-electron chi connectivity index (χ3n) is 3.83. The number of nitrogens with zero attached hydrogens (tertiary/aromatic N) is 3. The maximum atomic E-state index is 5.95. The van der Waals surface area contributed by atoms with E-state index in [1.54, 1.807) is 23.3 Å². The average molecular weight is 270 g/mol. The van der Waals surface area contributed by atoms with E-state index >= 15 is 0 Å². The molecule has 1 atom stereocenters. The molecule has 1 saturated heterocycles. The fourth-order valence-electron chi connectivity index (χ4n) is 2.02. The lowest BCUT2D eigenvalue weighted by molar-refractivity contribution is 0.0262. The van der Waals surface area contributed by atoms with Crippen LogP contribution in [0.4, 0.5) is 0 Å². The highest BCUT2D eigenvalue weighted by atomic mass is 16.7. The molecule has 0 bridgehead atoms. The Labute approximate surface area is 119 Å². The monoisotopic (exact) mass is 270 g/mol. The van der Waals surface area contributed by atoms with Gasteiger partial charge in [0.25, 0.3) is 0 Å². The maximum absolute atomic E-state index is 5.95. The van der Waals surface area contributed by atoms with Crippen LogP contribution < -0.4 is 5.46 Å². The van der Waals surface area contributed by atoms with E-state index in [1.165, 1.54) is 0 Å². The van der Waals surface area contributed by atoms with Crippen LogP contribution in [0, 0.1) is 6.92 Å².